The molecular formula is C18H28N2O. The molecule has 1 aromatic rings. The van der Waals surface area contributed by atoms with Crippen LogP contribution in [-0.4, -0.2) is 23.9 Å². The van der Waals surface area contributed by atoms with Crippen LogP contribution in [0.3, 0.4) is 0 Å². The van der Waals surface area contributed by atoms with Crippen molar-refractivity contribution >= 4 is 5.91 Å². The topological polar surface area (TPSA) is 46.3 Å². The summed E-state index contributed by atoms with van der Waals surface area (Å²) in [6, 6.07) is 6.30. The van der Waals surface area contributed by atoms with Crippen LogP contribution in [0.5, 0.6) is 0 Å². The van der Waals surface area contributed by atoms with E-state index < -0.39 is 0 Å². The molecule has 116 valence electrons. The van der Waals surface area contributed by atoms with Crippen molar-refractivity contribution in [3.05, 3.63) is 34.9 Å². The Morgan fingerprint density at radius 2 is 1.81 bits per heavy atom. The third kappa shape index (κ3) is 4.31. The van der Waals surface area contributed by atoms with Crippen LogP contribution in [0.2, 0.25) is 0 Å². The third-order valence-corrected chi connectivity index (χ3v) is 4.52. The summed E-state index contributed by atoms with van der Waals surface area (Å²) in [5.41, 5.74) is 10.2. The highest BCUT2D eigenvalue weighted by molar-refractivity contribution is 5.76. The second kappa shape index (κ2) is 6.18. The first kappa shape index (κ1) is 16.0. The van der Waals surface area contributed by atoms with E-state index in [1.165, 1.54) is 11.1 Å². The van der Waals surface area contributed by atoms with Crippen LogP contribution in [0.1, 0.15) is 55.8 Å². The third-order valence-electron chi connectivity index (χ3n) is 4.52. The van der Waals surface area contributed by atoms with E-state index in [0.29, 0.717) is 13.0 Å². The number of carbonyl (C=O) groups is 1. The van der Waals surface area contributed by atoms with Crippen LogP contribution in [0.25, 0.3) is 0 Å². The van der Waals surface area contributed by atoms with Gasteiger partial charge in [0.25, 0.3) is 0 Å². The summed E-state index contributed by atoms with van der Waals surface area (Å²) in [5, 5.41) is 0. The van der Waals surface area contributed by atoms with Gasteiger partial charge in [-0.15, -0.1) is 0 Å². The number of amides is 1. The van der Waals surface area contributed by atoms with Gasteiger partial charge in [0.2, 0.25) is 5.91 Å². The number of rotatable bonds is 3. The van der Waals surface area contributed by atoms with Gasteiger partial charge in [0, 0.05) is 25.6 Å². The van der Waals surface area contributed by atoms with E-state index >= 15 is 0 Å². The standard InChI is InChI=1S/C18H28N2O/c1-13-9-14(2)11-15(10-13)16(19)12-20-8-7-18(3,4)6-5-17(20)21/h9-11,16H,5-8,12,19H2,1-4H3. The van der Waals surface area contributed by atoms with Gasteiger partial charge in [-0.05, 0) is 37.7 Å². The van der Waals surface area contributed by atoms with E-state index in [0.717, 1.165) is 24.9 Å². The molecule has 1 aliphatic heterocycles. The first-order valence-corrected chi connectivity index (χ1v) is 7.88. The Bertz CT molecular complexity index is 502. The predicted octanol–water partition coefficient (Wildman–Crippen LogP) is 3.34. The van der Waals surface area contributed by atoms with Gasteiger partial charge in [-0.2, -0.15) is 0 Å². The number of nitrogens with zero attached hydrogens (tertiary/aromatic N) is 1. The Balaban J connectivity index is 2.07. The number of hydrogen-bond acceptors (Lipinski definition) is 2. The zero-order chi connectivity index (χ0) is 15.6. The van der Waals surface area contributed by atoms with Crippen molar-refractivity contribution in [2.45, 2.75) is 53.0 Å². The fourth-order valence-corrected chi connectivity index (χ4v) is 3.05. The second-order valence-corrected chi connectivity index (χ2v) is 7.28. The molecule has 1 heterocycles. The fraction of sp³-hybridized carbons (Fsp3) is 0.611. The number of hydrogen-bond donors (Lipinski definition) is 1. The molecule has 3 heteroatoms. The van der Waals surface area contributed by atoms with Gasteiger partial charge < -0.3 is 10.6 Å². The zero-order valence-corrected chi connectivity index (χ0v) is 13.8. The van der Waals surface area contributed by atoms with E-state index in [-0.39, 0.29) is 17.4 Å². The molecule has 1 fully saturated rings. The van der Waals surface area contributed by atoms with Crippen LogP contribution in [0.4, 0.5) is 0 Å². The van der Waals surface area contributed by atoms with Crippen molar-refractivity contribution in [1.29, 1.82) is 0 Å². The molecule has 0 aliphatic carbocycles. The fourth-order valence-electron chi connectivity index (χ4n) is 3.05. The largest absolute Gasteiger partial charge is 0.341 e. The monoisotopic (exact) mass is 288 g/mol. The summed E-state index contributed by atoms with van der Waals surface area (Å²) in [5.74, 6) is 0.250. The first-order valence-electron chi connectivity index (χ1n) is 7.88. The summed E-state index contributed by atoms with van der Waals surface area (Å²) in [6.45, 7) is 10.1. The van der Waals surface area contributed by atoms with Crippen molar-refractivity contribution in [1.82, 2.24) is 4.90 Å². The van der Waals surface area contributed by atoms with Crippen LogP contribution in [0, 0.1) is 19.3 Å². The number of carbonyl (C=O) groups excluding carboxylic acids is 1. The quantitative estimate of drug-likeness (QED) is 0.927. The molecule has 2 rings (SSSR count). The summed E-state index contributed by atoms with van der Waals surface area (Å²) in [4.78, 5) is 14.2. The maximum atomic E-state index is 12.3. The van der Waals surface area contributed by atoms with Gasteiger partial charge >= 0.3 is 0 Å². The molecule has 1 atom stereocenters. The molecule has 21 heavy (non-hydrogen) atoms. The Morgan fingerprint density at radius 3 is 2.43 bits per heavy atom. The molecule has 1 aliphatic rings. The maximum Gasteiger partial charge on any atom is 0.222 e. The normalized spacial score (nSPS) is 20.2. The molecule has 3 nitrogen and oxygen atoms in total. The van der Waals surface area contributed by atoms with E-state index in [4.69, 9.17) is 5.73 Å². The van der Waals surface area contributed by atoms with E-state index in [2.05, 4.69) is 45.9 Å². The van der Waals surface area contributed by atoms with Crippen molar-refractivity contribution in [3.8, 4) is 0 Å². The van der Waals surface area contributed by atoms with Crippen molar-refractivity contribution in [3.63, 3.8) is 0 Å². The molecule has 0 aromatic heterocycles. The van der Waals surface area contributed by atoms with Crippen molar-refractivity contribution < 1.29 is 4.79 Å². The molecule has 1 saturated heterocycles. The van der Waals surface area contributed by atoms with Gasteiger partial charge in [-0.25, -0.2) is 0 Å². The van der Waals surface area contributed by atoms with Gasteiger partial charge in [-0.1, -0.05) is 43.2 Å². The molecule has 0 spiro atoms. The van der Waals surface area contributed by atoms with Gasteiger partial charge in [0.15, 0.2) is 0 Å². The lowest BCUT2D eigenvalue weighted by Gasteiger charge is -2.26. The summed E-state index contributed by atoms with van der Waals surface area (Å²) in [6.07, 6.45) is 2.67. The highest BCUT2D eigenvalue weighted by atomic mass is 16.2. The predicted molar refractivity (Wildman–Crippen MR) is 87.1 cm³/mol. The molecule has 0 radical (unpaired) electrons. The van der Waals surface area contributed by atoms with Gasteiger partial charge in [0.05, 0.1) is 0 Å². The van der Waals surface area contributed by atoms with Gasteiger partial charge in [-0.3, -0.25) is 4.79 Å². The zero-order valence-electron chi connectivity index (χ0n) is 13.8. The van der Waals surface area contributed by atoms with Crippen LogP contribution in [-0.2, 0) is 4.79 Å². The number of likely N-dealkylation sites (tertiary alicyclic amines) is 1. The Kier molecular flexibility index (Phi) is 4.72. The van der Waals surface area contributed by atoms with Crippen molar-refractivity contribution in [2.24, 2.45) is 11.1 Å². The van der Waals surface area contributed by atoms with E-state index in [1.54, 1.807) is 0 Å². The van der Waals surface area contributed by atoms with Crippen LogP contribution < -0.4 is 5.73 Å². The van der Waals surface area contributed by atoms with Crippen LogP contribution >= 0.6 is 0 Å². The van der Waals surface area contributed by atoms with Crippen molar-refractivity contribution in [2.75, 3.05) is 13.1 Å². The number of benzene rings is 1. The highest BCUT2D eigenvalue weighted by Gasteiger charge is 2.28. The smallest absolute Gasteiger partial charge is 0.222 e. The lowest BCUT2D eigenvalue weighted by molar-refractivity contribution is -0.130. The average Bonchev–Trinajstić information content (AvgIpc) is 2.50. The summed E-state index contributed by atoms with van der Waals surface area (Å²) >= 11 is 0. The summed E-state index contributed by atoms with van der Waals surface area (Å²) < 4.78 is 0. The molecule has 0 saturated carbocycles. The minimum absolute atomic E-state index is 0.103. The summed E-state index contributed by atoms with van der Waals surface area (Å²) in [7, 11) is 0. The number of aryl methyl sites for hydroxylation is 2. The molecular weight excluding hydrogens is 260 g/mol. The van der Waals surface area contributed by atoms with E-state index in [1.807, 2.05) is 4.90 Å². The SMILES string of the molecule is Cc1cc(C)cc(C(N)CN2CCC(C)(C)CCC2=O)c1. The lowest BCUT2D eigenvalue weighted by Crippen LogP contribution is -2.37. The molecule has 2 N–H and O–H groups in total. The Hall–Kier alpha value is -1.35. The molecule has 1 amide bonds. The maximum absolute atomic E-state index is 12.3. The van der Waals surface area contributed by atoms with Gasteiger partial charge in [0.1, 0.15) is 0 Å². The molecule has 1 unspecified atom stereocenters. The minimum Gasteiger partial charge on any atom is -0.341 e. The van der Waals surface area contributed by atoms with E-state index in [9.17, 15) is 4.79 Å². The highest BCUT2D eigenvalue weighted by Crippen LogP contribution is 2.30. The Morgan fingerprint density at radius 1 is 1.19 bits per heavy atom. The molecule has 0 bridgehead atoms. The average molecular weight is 288 g/mol. The number of nitrogens with two attached hydrogens (primary N) is 1. The van der Waals surface area contributed by atoms with Crippen LogP contribution in [0.15, 0.2) is 18.2 Å². The molecule has 1 aromatic carbocycles. The second-order valence-electron chi connectivity index (χ2n) is 7.28. The Labute approximate surface area is 128 Å². The first-order chi connectivity index (χ1) is 9.77. The lowest BCUT2D eigenvalue weighted by atomic mass is 9.85. The minimum atomic E-state index is -0.103.